The van der Waals surface area contributed by atoms with Crippen molar-refractivity contribution in [2.45, 2.75) is 38.8 Å². The van der Waals surface area contributed by atoms with E-state index >= 15 is 0 Å². The highest BCUT2D eigenvalue weighted by atomic mass is 19.1. The second-order valence-corrected chi connectivity index (χ2v) is 7.27. The predicted octanol–water partition coefficient (Wildman–Crippen LogP) is 3.41. The van der Waals surface area contributed by atoms with Gasteiger partial charge in [-0.1, -0.05) is 6.07 Å². The summed E-state index contributed by atoms with van der Waals surface area (Å²) in [6.45, 7) is 4.41. The number of H-pyrrole nitrogens is 1. The maximum Gasteiger partial charge on any atom is 0.417 e. The van der Waals surface area contributed by atoms with Crippen LogP contribution in [0.5, 0.6) is 0 Å². The van der Waals surface area contributed by atoms with E-state index in [-0.39, 0.29) is 23.8 Å². The first-order valence-corrected chi connectivity index (χ1v) is 9.39. The summed E-state index contributed by atoms with van der Waals surface area (Å²) in [4.78, 5) is 28.7. The Morgan fingerprint density at radius 2 is 2.07 bits per heavy atom. The zero-order chi connectivity index (χ0) is 19.8. The number of hydrogen-bond acceptors (Lipinski definition) is 4. The molecule has 2 heterocycles. The SMILES string of the molecule is Cc1cc(F)ccc1N1CCCC(NC(C)c2ccc3[nH]c(=O)oc3c2)C1=O. The Balaban J connectivity index is 1.53. The smallest absolute Gasteiger partial charge is 0.408 e. The Morgan fingerprint density at radius 1 is 1.25 bits per heavy atom. The molecule has 6 nitrogen and oxygen atoms in total. The number of nitrogens with one attached hydrogen (secondary N) is 2. The summed E-state index contributed by atoms with van der Waals surface area (Å²) in [6.07, 6.45) is 1.60. The maximum absolute atomic E-state index is 13.4. The van der Waals surface area contributed by atoms with E-state index in [9.17, 15) is 14.0 Å². The van der Waals surface area contributed by atoms with E-state index in [1.165, 1.54) is 12.1 Å². The molecule has 2 unspecified atom stereocenters. The van der Waals surface area contributed by atoms with Gasteiger partial charge in [-0.15, -0.1) is 0 Å². The largest absolute Gasteiger partial charge is 0.417 e. The number of carbonyl (C=O) groups excluding carboxylic acids is 1. The van der Waals surface area contributed by atoms with Crippen LogP contribution >= 0.6 is 0 Å². The molecule has 0 saturated carbocycles. The average Bonchev–Trinajstić information content (AvgIpc) is 3.03. The molecular weight excluding hydrogens is 361 g/mol. The van der Waals surface area contributed by atoms with Crippen molar-refractivity contribution in [3.8, 4) is 0 Å². The van der Waals surface area contributed by atoms with Crippen molar-refractivity contribution >= 4 is 22.7 Å². The molecule has 146 valence electrons. The third-order valence-electron chi connectivity index (χ3n) is 5.28. The molecule has 28 heavy (non-hydrogen) atoms. The fraction of sp³-hybridized carbons (Fsp3) is 0.333. The number of aryl methyl sites for hydroxylation is 1. The average molecular weight is 383 g/mol. The van der Waals surface area contributed by atoms with Gasteiger partial charge >= 0.3 is 5.76 Å². The number of oxazole rings is 1. The number of anilines is 1. The summed E-state index contributed by atoms with van der Waals surface area (Å²) in [5.41, 5.74) is 3.57. The van der Waals surface area contributed by atoms with Gasteiger partial charge in [-0.05, 0) is 68.1 Å². The van der Waals surface area contributed by atoms with Gasteiger partial charge in [-0.3, -0.25) is 15.1 Å². The topological polar surface area (TPSA) is 78.3 Å². The molecule has 0 aliphatic carbocycles. The molecule has 7 heteroatoms. The van der Waals surface area contributed by atoms with Gasteiger partial charge in [0.25, 0.3) is 0 Å². The van der Waals surface area contributed by atoms with Crippen molar-refractivity contribution in [3.05, 3.63) is 63.9 Å². The van der Waals surface area contributed by atoms with Gasteiger partial charge in [0, 0.05) is 18.3 Å². The summed E-state index contributed by atoms with van der Waals surface area (Å²) in [5.74, 6) is -0.802. The number of aromatic amines is 1. The number of carbonyl (C=O) groups is 1. The Labute approximate surface area is 161 Å². The van der Waals surface area contributed by atoms with Crippen molar-refractivity contribution in [1.82, 2.24) is 10.3 Å². The van der Waals surface area contributed by atoms with Gasteiger partial charge < -0.3 is 9.32 Å². The lowest BCUT2D eigenvalue weighted by Gasteiger charge is -2.35. The fourth-order valence-electron chi connectivity index (χ4n) is 3.82. The maximum atomic E-state index is 13.4. The summed E-state index contributed by atoms with van der Waals surface area (Å²) in [6, 6.07) is 9.56. The zero-order valence-corrected chi connectivity index (χ0v) is 15.8. The monoisotopic (exact) mass is 383 g/mol. The number of amides is 1. The summed E-state index contributed by atoms with van der Waals surface area (Å²) >= 11 is 0. The van der Waals surface area contributed by atoms with Crippen LogP contribution in [0.2, 0.25) is 0 Å². The number of nitrogens with zero attached hydrogens (tertiary/aromatic N) is 1. The Morgan fingerprint density at radius 3 is 2.86 bits per heavy atom. The second-order valence-electron chi connectivity index (χ2n) is 7.27. The highest BCUT2D eigenvalue weighted by Crippen LogP contribution is 2.27. The molecule has 1 saturated heterocycles. The molecule has 0 spiro atoms. The first-order valence-electron chi connectivity index (χ1n) is 9.39. The van der Waals surface area contributed by atoms with Crippen molar-refractivity contribution in [2.75, 3.05) is 11.4 Å². The highest BCUT2D eigenvalue weighted by Gasteiger charge is 2.31. The van der Waals surface area contributed by atoms with Crippen molar-refractivity contribution in [3.63, 3.8) is 0 Å². The molecule has 1 amide bonds. The standard InChI is InChI=1S/C21H22FN3O3/c1-12-10-15(22)6-8-18(12)25-9-3-4-17(20(25)26)23-13(2)14-5-7-16-19(11-14)28-21(27)24-16/h5-8,10-11,13,17,23H,3-4,9H2,1-2H3,(H,24,27). The van der Waals surface area contributed by atoms with E-state index < -0.39 is 5.76 Å². The molecule has 3 aromatic rings. The highest BCUT2D eigenvalue weighted by molar-refractivity contribution is 5.98. The lowest BCUT2D eigenvalue weighted by Crippen LogP contribution is -2.51. The Bertz CT molecular complexity index is 1090. The van der Waals surface area contributed by atoms with Crippen LogP contribution in [0.3, 0.4) is 0 Å². The van der Waals surface area contributed by atoms with Crippen LogP contribution in [0.4, 0.5) is 10.1 Å². The van der Waals surface area contributed by atoms with E-state index in [1.807, 2.05) is 19.9 Å². The third kappa shape index (κ3) is 3.45. The quantitative estimate of drug-likeness (QED) is 0.724. The van der Waals surface area contributed by atoms with E-state index in [0.717, 1.165) is 29.7 Å². The molecule has 0 radical (unpaired) electrons. The van der Waals surface area contributed by atoms with Gasteiger partial charge in [0.15, 0.2) is 5.58 Å². The molecular formula is C21H22FN3O3. The fourth-order valence-corrected chi connectivity index (χ4v) is 3.82. The van der Waals surface area contributed by atoms with Crippen molar-refractivity contribution < 1.29 is 13.6 Å². The molecule has 1 aliphatic heterocycles. The first kappa shape index (κ1) is 18.4. The number of hydrogen-bond donors (Lipinski definition) is 2. The minimum Gasteiger partial charge on any atom is -0.408 e. The van der Waals surface area contributed by atoms with Crippen LogP contribution in [0.15, 0.2) is 45.6 Å². The van der Waals surface area contributed by atoms with Gasteiger partial charge in [0.05, 0.1) is 11.6 Å². The van der Waals surface area contributed by atoms with Crippen LogP contribution < -0.4 is 16.0 Å². The summed E-state index contributed by atoms with van der Waals surface area (Å²) < 4.78 is 18.5. The lowest BCUT2D eigenvalue weighted by atomic mass is 10.00. The molecule has 2 atom stereocenters. The molecule has 1 fully saturated rings. The molecule has 2 N–H and O–H groups in total. The van der Waals surface area contributed by atoms with Gasteiger partial charge in [-0.25, -0.2) is 9.18 Å². The summed E-state index contributed by atoms with van der Waals surface area (Å²) in [5, 5.41) is 3.39. The lowest BCUT2D eigenvalue weighted by molar-refractivity contribution is -0.122. The summed E-state index contributed by atoms with van der Waals surface area (Å²) in [7, 11) is 0. The van der Waals surface area contributed by atoms with Crippen LogP contribution in [0, 0.1) is 12.7 Å². The molecule has 4 rings (SSSR count). The van der Waals surface area contributed by atoms with Crippen LogP contribution in [-0.2, 0) is 4.79 Å². The second kappa shape index (κ2) is 7.24. The van der Waals surface area contributed by atoms with Crippen LogP contribution in [-0.4, -0.2) is 23.5 Å². The van der Waals surface area contributed by atoms with Crippen LogP contribution in [0.25, 0.3) is 11.1 Å². The zero-order valence-electron chi connectivity index (χ0n) is 15.8. The van der Waals surface area contributed by atoms with Crippen molar-refractivity contribution in [1.29, 1.82) is 0 Å². The normalized spacial score (nSPS) is 18.6. The Kier molecular flexibility index (Phi) is 4.77. The van der Waals surface area contributed by atoms with Gasteiger partial charge in [0.2, 0.25) is 5.91 Å². The molecule has 2 aromatic carbocycles. The van der Waals surface area contributed by atoms with Gasteiger partial charge in [-0.2, -0.15) is 0 Å². The molecule has 1 aliphatic rings. The number of halogens is 1. The number of rotatable bonds is 4. The van der Waals surface area contributed by atoms with Gasteiger partial charge in [0.1, 0.15) is 5.82 Å². The van der Waals surface area contributed by atoms with E-state index in [1.54, 1.807) is 23.1 Å². The minimum atomic E-state index is -0.486. The number of fused-ring (bicyclic) bond motifs is 1. The third-order valence-corrected chi connectivity index (χ3v) is 5.28. The predicted molar refractivity (Wildman–Crippen MR) is 105 cm³/mol. The number of piperidine rings is 1. The first-order chi connectivity index (χ1) is 13.4. The Hall–Kier alpha value is -2.93. The molecule has 1 aromatic heterocycles. The number of aromatic nitrogens is 1. The van der Waals surface area contributed by atoms with E-state index in [4.69, 9.17) is 4.42 Å². The number of benzene rings is 2. The van der Waals surface area contributed by atoms with Crippen molar-refractivity contribution in [2.24, 2.45) is 0 Å². The molecule has 0 bridgehead atoms. The van der Waals surface area contributed by atoms with E-state index in [0.29, 0.717) is 17.6 Å². The van der Waals surface area contributed by atoms with E-state index in [2.05, 4.69) is 10.3 Å². The minimum absolute atomic E-state index is 0.0120. The van der Waals surface area contributed by atoms with Crippen LogP contribution in [0.1, 0.15) is 36.9 Å².